The summed E-state index contributed by atoms with van der Waals surface area (Å²) in [5.74, 6) is 1.62. The molecule has 146 valence electrons. The number of amides is 1. The Bertz CT molecular complexity index is 941. The van der Waals surface area contributed by atoms with Crippen LogP contribution in [0, 0.1) is 5.92 Å². The van der Waals surface area contributed by atoms with Gasteiger partial charge in [0.25, 0.3) is 0 Å². The first kappa shape index (κ1) is 18.8. The molecule has 28 heavy (non-hydrogen) atoms. The summed E-state index contributed by atoms with van der Waals surface area (Å²) in [6.07, 6.45) is 1.83. The number of carbonyl (C=O) groups is 1. The maximum Gasteiger partial charge on any atom is 0.410 e. The highest BCUT2D eigenvalue weighted by molar-refractivity contribution is 6.16. The zero-order valence-corrected chi connectivity index (χ0v) is 16.5. The lowest BCUT2D eigenvalue weighted by Gasteiger charge is -2.32. The fourth-order valence-corrected chi connectivity index (χ4v) is 4.08. The molecule has 2 aromatic carbocycles. The Labute approximate surface area is 169 Å². The quantitative estimate of drug-likeness (QED) is 0.579. The SMILES string of the molecule is O=C(OCc1ccccc1)N1CCC[C@@H](Cn2c(CCl)nc3ccccc32)C1. The molecular formula is C22H24ClN3O2. The number of likely N-dealkylation sites (tertiary alicyclic amines) is 1. The number of hydrogen-bond donors (Lipinski definition) is 0. The van der Waals surface area contributed by atoms with Gasteiger partial charge in [-0.1, -0.05) is 42.5 Å². The molecule has 1 aromatic heterocycles. The van der Waals surface area contributed by atoms with Gasteiger partial charge in [-0.3, -0.25) is 0 Å². The second kappa shape index (κ2) is 8.65. The van der Waals surface area contributed by atoms with Gasteiger partial charge in [0.1, 0.15) is 12.4 Å². The lowest BCUT2D eigenvalue weighted by molar-refractivity contribution is 0.0769. The van der Waals surface area contributed by atoms with Crippen LogP contribution in [0.25, 0.3) is 11.0 Å². The van der Waals surface area contributed by atoms with Gasteiger partial charge in [-0.05, 0) is 36.5 Å². The standard InChI is InChI=1S/C22H24ClN3O2/c23-13-21-24-19-10-4-5-11-20(19)26(21)15-18-9-6-12-25(14-18)22(27)28-16-17-7-2-1-3-8-17/h1-5,7-8,10-11,18H,6,9,12-16H2/t18-/m1/s1. The van der Waals surface area contributed by atoms with E-state index in [1.807, 2.05) is 53.4 Å². The average molecular weight is 398 g/mol. The number of fused-ring (bicyclic) bond motifs is 1. The number of ether oxygens (including phenoxy) is 1. The van der Waals surface area contributed by atoms with Crippen LogP contribution in [-0.4, -0.2) is 33.6 Å². The molecule has 1 aliphatic heterocycles. The molecule has 1 fully saturated rings. The summed E-state index contributed by atoms with van der Waals surface area (Å²) in [4.78, 5) is 19.0. The molecule has 1 atom stereocenters. The van der Waals surface area contributed by atoms with E-state index in [4.69, 9.17) is 16.3 Å². The minimum absolute atomic E-state index is 0.235. The highest BCUT2D eigenvalue weighted by Gasteiger charge is 2.26. The smallest absolute Gasteiger partial charge is 0.410 e. The summed E-state index contributed by atoms with van der Waals surface area (Å²) in [7, 11) is 0. The predicted molar refractivity (Wildman–Crippen MR) is 110 cm³/mol. The van der Waals surface area contributed by atoms with E-state index < -0.39 is 0 Å². The molecule has 0 saturated carbocycles. The Hall–Kier alpha value is -2.53. The Morgan fingerprint density at radius 3 is 2.75 bits per heavy atom. The number of para-hydroxylation sites is 2. The van der Waals surface area contributed by atoms with Gasteiger partial charge in [-0.25, -0.2) is 9.78 Å². The van der Waals surface area contributed by atoms with Gasteiger partial charge in [-0.15, -0.1) is 11.6 Å². The van der Waals surface area contributed by atoms with Crippen molar-refractivity contribution in [1.82, 2.24) is 14.5 Å². The Kier molecular flexibility index (Phi) is 5.81. The number of rotatable bonds is 5. The van der Waals surface area contributed by atoms with E-state index in [0.29, 0.717) is 24.9 Å². The average Bonchev–Trinajstić information content (AvgIpc) is 3.10. The minimum Gasteiger partial charge on any atom is -0.445 e. The molecule has 1 saturated heterocycles. The van der Waals surface area contributed by atoms with E-state index in [1.165, 1.54) is 0 Å². The van der Waals surface area contributed by atoms with Crippen molar-refractivity contribution in [3.8, 4) is 0 Å². The molecule has 5 nitrogen and oxygen atoms in total. The molecule has 1 amide bonds. The molecule has 0 unspecified atom stereocenters. The van der Waals surface area contributed by atoms with E-state index in [-0.39, 0.29) is 6.09 Å². The summed E-state index contributed by atoms with van der Waals surface area (Å²) < 4.78 is 7.71. The predicted octanol–water partition coefficient (Wildman–Crippen LogP) is 4.82. The van der Waals surface area contributed by atoms with Gasteiger partial charge >= 0.3 is 6.09 Å². The number of alkyl halides is 1. The molecule has 2 heterocycles. The van der Waals surface area contributed by atoms with E-state index in [2.05, 4.69) is 15.6 Å². The van der Waals surface area contributed by atoms with Crippen LogP contribution in [0.3, 0.4) is 0 Å². The third kappa shape index (κ3) is 4.14. The van der Waals surface area contributed by atoms with E-state index in [0.717, 1.165) is 48.4 Å². The largest absolute Gasteiger partial charge is 0.445 e. The highest BCUT2D eigenvalue weighted by atomic mass is 35.5. The summed E-state index contributed by atoms with van der Waals surface area (Å²) in [5.41, 5.74) is 3.07. The number of nitrogens with zero attached hydrogens (tertiary/aromatic N) is 3. The van der Waals surface area contributed by atoms with E-state index >= 15 is 0 Å². The van der Waals surface area contributed by atoms with E-state index in [1.54, 1.807) is 0 Å². The molecule has 0 radical (unpaired) electrons. The number of imidazole rings is 1. The van der Waals surface area contributed by atoms with Crippen LogP contribution >= 0.6 is 11.6 Å². The number of aromatic nitrogens is 2. The second-order valence-corrected chi connectivity index (χ2v) is 7.52. The molecular weight excluding hydrogens is 374 g/mol. The third-order valence-electron chi connectivity index (χ3n) is 5.28. The number of piperidine rings is 1. The summed E-state index contributed by atoms with van der Waals surface area (Å²) in [5, 5.41) is 0. The molecule has 0 aliphatic carbocycles. The molecule has 1 aliphatic rings. The van der Waals surface area contributed by atoms with Gasteiger partial charge in [0.15, 0.2) is 0 Å². The lowest BCUT2D eigenvalue weighted by Crippen LogP contribution is -2.41. The minimum atomic E-state index is -0.235. The number of carbonyl (C=O) groups excluding carboxylic acids is 1. The van der Waals surface area contributed by atoms with Gasteiger partial charge in [0.05, 0.1) is 16.9 Å². The van der Waals surface area contributed by atoms with Gasteiger partial charge < -0.3 is 14.2 Å². The molecule has 4 rings (SSSR count). The van der Waals surface area contributed by atoms with Crippen LogP contribution in [0.5, 0.6) is 0 Å². The Morgan fingerprint density at radius 2 is 1.93 bits per heavy atom. The maximum atomic E-state index is 12.5. The summed E-state index contributed by atoms with van der Waals surface area (Å²) in [6, 6.07) is 17.9. The first-order valence-electron chi connectivity index (χ1n) is 9.70. The van der Waals surface area contributed by atoms with Crippen molar-refractivity contribution >= 4 is 28.7 Å². The van der Waals surface area contributed by atoms with Crippen LogP contribution in [0.15, 0.2) is 54.6 Å². The van der Waals surface area contributed by atoms with Crippen molar-refractivity contribution in [3.05, 3.63) is 66.0 Å². The highest BCUT2D eigenvalue weighted by Crippen LogP contribution is 2.24. The van der Waals surface area contributed by atoms with E-state index in [9.17, 15) is 4.79 Å². The number of halogens is 1. The lowest BCUT2D eigenvalue weighted by atomic mass is 9.98. The van der Waals surface area contributed by atoms with Crippen LogP contribution in [-0.2, 0) is 23.8 Å². The van der Waals surface area contributed by atoms with Crippen LogP contribution in [0.1, 0.15) is 24.2 Å². The topological polar surface area (TPSA) is 47.4 Å². The zero-order valence-electron chi connectivity index (χ0n) is 15.8. The maximum absolute atomic E-state index is 12.5. The Morgan fingerprint density at radius 1 is 1.14 bits per heavy atom. The van der Waals surface area contributed by atoms with Crippen molar-refractivity contribution in [2.45, 2.75) is 31.9 Å². The number of hydrogen-bond acceptors (Lipinski definition) is 3. The van der Waals surface area contributed by atoms with Gasteiger partial charge in [-0.2, -0.15) is 0 Å². The Balaban J connectivity index is 1.41. The normalized spacial score (nSPS) is 17.0. The molecule has 0 bridgehead atoms. The first-order chi connectivity index (χ1) is 13.7. The zero-order chi connectivity index (χ0) is 19.3. The fraction of sp³-hybridized carbons (Fsp3) is 0.364. The molecule has 3 aromatic rings. The summed E-state index contributed by atoms with van der Waals surface area (Å²) >= 11 is 6.13. The third-order valence-corrected chi connectivity index (χ3v) is 5.52. The summed E-state index contributed by atoms with van der Waals surface area (Å²) in [6.45, 7) is 2.56. The van der Waals surface area contributed by atoms with Crippen molar-refractivity contribution in [3.63, 3.8) is 0 Å². The fourth-order valence-electron chi connectivity index (χ4n) is 3.88. The van der Waals surface area contributed by atoms with Crippen LogP contribution < -0.4 is 0 Å². The first-order valence-corrected chi connectivity index (χ1v) is 10.2. The van der Waals surface area contributed by atoms with Crippen molar-refractivity contribution < 1.29 is 9.53 Å². The molecule has 0 N–H and O–H groups in total. The monoisotopic (exact) mass is 397 g/mol. The van der Waals surface area contributed by atoms with Crippen LogP contribution in [0.2, 0.25) is 0 Å². The number of benzene rings is 2. The van der Waals surface area contributed by atoms with Crippen molar-refractivity contribution in [2.75, 3.05) is 13.1 Å². The van der Waals surface area contributed by atoms with Gasteiger partial charge in [0, 0.05) is 19.6 Å². The van der Waals surface area contributed by atoms with Crippen LogP contribution in [0.4, 0.5) is 4.79 Å². The van der Waals surface area contributed by atoms with Crippen molar-refractivity contribution in [1.29, 1.82) is 0 Å². The molecule has 6 heteroatoms. The van der Waals surface area contributed by atoms with Gasteiger partial charge in [0.2, 0.25) is 0 Å². The molecule has 0 spiro atoms. The van der Waals surface area contributed by atoms with Crippen molar-refractivity contribution in [2.24, 2.45) is 5.92 Å². The second-order valence-electron chi connectivity index (χ2n) is 7.26.